The van der Waals surface area contributed by atoms with Crippen molar-refractivity contribution in [2.24, 2.45) is 5.14 Å². The van der Waals surface area contributed by atoms with E-state index in [1.165, 1.54) is 6.20 Å². The molecule has 0 aliphatic heterocycles. The zero-order valence-electron chi connectivity index (χ0n) is 17.9. The summed E-state index contributed by atoms with van der Waals surface area (Å²) in [6.45, 7) is 0. The average molecular weight is 474 g/mol. The van der Waals surface area contributed by atoms with Crippen LogP contribution < -0.4 is 5.14 Å². The summed E-state index contributed by atoms with van der Waals surface area (Å²) in [6, 6.07) is 21.0. The molecule has 0 bridgehead atoms. The molecule has 0 radical (unpaired) electrons. The molecule has 0 aliphatic rings. The Kier molecular flexibility index (Phi) is 6.72. The third-order valence-corrected chi connectivity index (χ3v) is 6.09. The molecule has 3 heterocycles. The molecule has 0 saturated carbocycles. The predicted molar refractivity (Wildman–Crippen MR) is 124 cm³/mol. The van der Waals surface area contributed by atoms with Gasteiger partial charge in [0, 0.05) is 41.7 Å². The maximum Gasteiger partial charge on any atom is 0.216 e. The molecule has 34 heavy (non-hydrogen) atoms. The fraction of sp³-hybridized carbons (Fsp3) is 0.120. The fourth-order valence-electron chi connectivity index (χ4n) is 4.00. The smallest absolute Gasteiger partial charge is 0.216 e. The van der Waals surface area contributed by atoms with E-state index in [2.05, 4.69) is 21.0 Å². The van der Waals surface area contributed by atoms with E-state index in [0.717, 1.165) is 11.1 Å². The molecular weight excluding hydrogens is 453 g/mol. The lowest BCUT2D eigenvalue weighted by atomic mass is 9.76. The average Bonchev–Trinajstić information content (AvgIpc) is 2.83. The number of hydrogen-bond donors (Lipinski definition) is 1. The van der Waals surface area contributed by atoms with Crippen molar-refractivity contribution < 1.29 is 12.8 Å². The number of nitriles is 1. The van der Waals surface area contributed by atoms with Gasteiger partial charge in [-0.15, -0.1) is 0 Å². The largest absolute Gasteiger partial charge is 0.264 e. The van der Waals surface area contributed by atoms with Crippen molar-refractivity contribution in [2.45, 2.75) is 17.6 Å². The van der Waals surface area contributed by atoms with Crippen LogP contribution in [0.25, 0.3) is 0 Å². The van der Waals surface area contributed by atoms with E-state index in [1.54, 1.807) is 73.1 Å². The monoisotopic (exact) mass is 473 g/mol. The number of nitrogens with zero attached hydrogens (tertiary/aromatic N) is 4. The molecule has 3 aromatic heterocycles. The highest BCUT2D eigenvalue weighted by molar-refractivity contribution is 7.88. The highest BCUT2D eigenvalue weighted by Gasteiger charge is 2.32. The Morgan fingerprint density at radius 2 is 1.71 bits per heavy atom. The molecule has 2 unspecified atom stereocenters. The lowest BCUT2D eigenvalue weighted by Gasteiger charge is -2.28. The van der Waals surface area contributed by atoms with Crippen molar-refractivity contribution >= 4 is 10.0 Å². The molecule has 2 N–H and O–H groups in total. The second-order valence-corrected chi connectivity index (χ2v) is 9.33. The minimum absolute atomic E-state index is 0.273. The van der Waals surface area contributed by atoms with Crippen LogP contribution in [0, 0.1) is 17.3 Å². The van der Waals surface area contributed by atoms with Crippen LogP contribution in [0.4, 0.5) is 4.39 Å². The molecule has 0 fully saturated rings. The molecule has 9 heteroatoms. The maximum absolute atomic E-state index is 15.0. The third kappa shape index (κ3) is 5.31. The number of primary sulfonamides is 1. The van der Waals surface area contributed by atoms with Gasteiger partial charge in [0.15, 0.2) is 0 Å². The van der Waals surface area contributed by atoms with E-state index < -0.39 is 33.6 Å². The third-order valence-electron chi connectivity index (χ3n) is 5.39. The normalized spacial score (nSPS) is 13.1. The zero-order valence-corrected chi connectivity index (χ0v) is 18.7. The lowest BCUT2D eigenvalue weighted by molar-refractivity contribution is 0.540. The van der Waals surface area contributed by atoms with Gasteiger partial charge in [-0.3, -0.25) is 9.97 Å². The van der Waals surface area contributed by atoms with Crippen molar-refractivity contribution in [1.82, 2.24) is 15.0 Å². The van der Waals surface area contributed by atoms with Gasteiger partial charge in [0.1, 0.15) is 5.75 Å². The summed E-state index contributed by atoms with van der Waals surface area (Å²) in [5, 5.41) is 14.5. The van der Waals surface area contributed by atoms with Gasteiger partial charge in [-0.2, -0.15) is 9.65 Å². The molecule has 2 atom stereocenters. The first kappa shape index (κ1) is 23.2. The minimum atomic E-state index is -3.80. The van der Waals surface area contributed by atoms with Gasteiger partial charge in [-0.1, -0.05) is 30.3 Å². The Labute approximate surface area is 196 Å². The Morgan fingerprint density at radius 1 is 0.941 bits per heavy atom. The molecule has 0 saturated heterocycles. The Morgan fingerprint density at radius 3 is 2.35 bits per heavy atom. The molecular formula is C25H20FN5O2S. The second-order valence-electron chi connectivity index (χ2n) is 7.72. The number of benzene rings is 1. The van der Waals surface area contributed by atoms with E-state index in [4.69, 9.17) is 5.14 Å². The maximum atomic E-state index is 15.0. The van der Waals surface area contributed by atoms with Crippen LogP contribution >= 0.6 is 0 Å². The van der Waals surface area contributed by atoms with Crippen LogP contribution in [0.5, 0.6) is 0 Å². The van der Waals surface area contributed by atoms with Crippen molar-refractivity contribution in [3.05, 3.63) is 125 Å². The first-order valence-electron chi connectivity index (χ1n) is 10.3. The molecule has 4 rings (SSSR count). The molecule has 1 aromatic carbocycles. The quantitative estimate of drug-likeness (QED) is 0.409. The lowest BCUT2D eigenvalue weighted by Crippen LogP contribution is -2.19. The minimum Gasteiger partial charge on any atom is -0.264 e. The van der Waals surface area contributed by atoms with Crippen LogP contribution in [0.15, 0.2) is 85.3 Å². The summed E-state index contributed by atoms with van der Waals surface area (Å²) in [5.74, 6) is -2.20. The van der Waals surface area contributed by atoms with Crippen molar-refractivity contribution in [2.75, 3.05) is 0 Å². The summed E-state index contributed by atoms with van der Waals surface area (Å²) in [4.78, 5) is 12.7. The van der Waals surface area contributed by atoms with E-state index in [0.29, 0.717) is 16.8 Å². The van der Waals surface area contributed by atoms with E-state index >= 15 is 4.39 Å². The number of rotatable bonds is 7. The first-order valence-corrected chi connectivity index (χ1v) is 12.0. The number of pyridine rings is 3. The number of hydrogen-bond acceptors (Lipinski definition) is 6. The van der Waals surface area contributed by atoms with Gasteiger partial charge < -0.3 is 0 Å². The van der Waals surface area contributed by atoms with Crippen LogP contribution in [0.3, 0.4) is 0 Å². The summed E-state index contributed by atoms with van der Waals surface area (Å²) in [6.07, 6.45) is 4.66. The highest BCUT2D eigenvalue weighted by atomic mass is 32.2. The van der Waals surface area contributed by atoms with Gasteiger partial charge in [-0.25, -0.2) is 18.5 Å². The number of nitrogens with two attached hydrogens (primary N) is 1. The van der Waals surface area contributed by atoms with E-state index in [-0.39, 0.29) is 5.69 Å². The SMILES string of the molecule is N#Cc1ccc(C(c2cccc(CS(N)(=O)=O)n2)C(c2cccnc2)c2cccnc2F)cc1. The van der Waals surface area contributed by atoms with Gasteiger partial charge >= 0.3 is 0 Å². The second kappa shape index (κ2) is 9.87. The van der Waals surface area contributed by atoms with Crippen LogP contribution in [-0.2, 0) is 15.8 Å². The summed E-state index contributed by atoms with van der Waals surface area (Å²) < 4.78 is 38.4. The van der Waals surface area contributed by atoms with Crippen LogP contribution in [0.2, 0.25) is 0 Å². The number of halogens is 1. The number of aromatic nitrogens is 3. The van der Waals surface area contributed by atoms with Gasteiger partial charge in [-0.05, 0) is 47.5 Å². The zero-order chi connectivity index (χ0) is 24.1. The van der Waals surface area contributed by atoms with Gasteiger partial charge in [0.05, 0.1) is 17.3 Å². The van der Waals surface area contributed by atoms with E-state index in [1.807, 2.05) is 6.07 Å². The summed E-state index contributed by atoms with van der Waals surface area (Å²) in [5.41, 5.74) is 3.09. The Hall–Kier alpha value is -4.00. The molecule has 170 valence electrons. The molecule has 0 aliphatic carbocycles. The molecule has 7 nitrogen and oxygen atoms in total. The van der Waals surface area contributed by atoms with Crippen LogP contribution in [-0.4, -0.2) is 23.4 Å². The molecule has 0 spiro atoms. The van der Waals surface area contributed by atoms with Crippen molar-refractivity contribution in [1.29, 1.82) is 5.26 Å². The van der Waals surface area contributed by atoms with E-state index in [9.17, 15) is 13.7 Å². The van der Waals surface area contributed by atoms with Gasteiger partial charge in [0.2, 0.25) is 16.0 Å². The fourth-order valence-corrected chi connectivity index (χ4v) is 4.57. The molecule has 4 aromatic rings. The van der Waals surface area contributed by atoms with Crippen LogP contribution in [0.1, 0.15) is 45.5 Å². The summed E-state index contributed by atoms with van der Waals surface area (Å²) >= 11 is 0. The topological polar surface area (TPSA) is 123 Å². The first-order chi connectivity index (χ1) is 16.4. The Balaban J connectivity index is 1.96. The molecule has 0 amide bonds. The number of sulfonamides is 1. The van der Waals surface area contributed by atoms with Gasteiger partial charge in [0.25, 0.3) is 0 Å². The summed E-state index contributed by atoms with van der Waals surface area (Å²) in [7, 11) is -3.80. The standard InChI is InChI=1S/C25H20FN5O2S/c26-25-21(6-3-13-30-25)23(19-4-2-12-29-15-19)24(18-10-8-17(14-27)9-11-18)22-7-1-5-20(31-22)16-34(28,32)33/h1-13,15,23-24H,16H2,(H2,28,32,33). The Bertz CT molecular complexity index is 1440. The van der Waals surface area contributed by atoms with Crippen molar-refractivity contribution in [3.8, 4) is 6.07 Å². The predicted octanol–water partition coefficient (Wildman–Crippen LogP) is 3.63. The highest BCUT2D eigenvalue weighted by Crippen LogP contribution is 2.42. The van der Waals surface area contributed by atoms with Crippen molar-refractivity contribution in [3.63, 3.8) is 0 Å².